The number of hydrogen-bond acceptors (Lipinski definition) is 4. The lowest BCUT2D eigenvalue weighted by molar-refractivity contribution is 0.0190. The van der Waals surface area contributed by atoms with Crippen LogP contribution in [0.1, 0.15) is 26.6 Å². The molecule has 19 heavy (non-hydrogen) atoms. The van der Waals surface area contributed by atoms with E-state index in [1.807, 2.05) is 31.5 Å². The van der Waals surface area contributed by atoms with Crippen molar-refractivity contribution in [1.82, 2.24) is 14.5 Å². The molecule has 6 nitrogen and oxygen atoms in total. The van der Waals surface area contributed by atoms with Gasteiger partial charge in [0.1, 0.15) is 11.4 Å². The van der Waals surface area contributed by atoms with E-state index in [1.165, 1.54) is 0 Å². The molecule has 0 saturated heterocycles. The van der Waals surface area contributed by atoms with Gasteiger partial charge in [0.15, 0.2) is 0 Å². The number of fused-ring (bicyclic) bond motifs is 1. The van der Waals surface area contributed by atoms with Crippen molar-refractivity contribution in [2.75, 3.05) is 13.2 Å². The Morgan fingerprint density at radius 2 is 2.26 bits per heavy atom. The van der Waals surface area contributed by atoms with E-state index in [2.05, 4.69) is 4.98 Å². The highest BCUT2D eigenvalue weighted by molar-refractivity contribution is 5.68. The molecule has 0 saturated carbocycles. The van der Waals surface area contributed by atoms with Crippen molar-refractivity contribution in [3.8, 4) is 0 Å². The maximum atomic E-state index is 12.1. The fraction of sp³-hybridized carbons (Fsp3) is 0.692. The maximum Gasteiger partial charge on any atom is 0.410 e. The minimum absolute atomic E-state index is 0.00275. The zero-order chi connectivity index (χ0) is 14.0. The molecule has 1 aliphatic heterocycles. The fourth-order valence-corrected chi connectivity index (χ4v) is 2.12. The van der Waals surface area contributed by atoms with Gasteiger partial charge in [0, 0.05) is 38.0 Å². The molecule has 106 valence electrons. The summed E-state index contributed by atoms with van der Waals surface area (Å²) in [7, 11) is 0. The molecule has 1 aliphatic rings. The minimum atomic E-state index is -0.520. The average molecular weight is 267 g/mol. The smallest absolute Gasteiger partial charge is 0.410 e. The second kappa shape index (κ2) is 5.21. The van der Waals surface area contributed by atoms with E-state index in [-0.39, 0.29) is 18.6 Å². The number of imidazole rings is 1. The first-order valence-electron chi connectivity index (χ1n) is 6.48. The normalized spacial score (nSPS) is 19.8. The Labute approximate surface area is 113 Å². The van der Waals surface area contributed by atoms with Gasteiger partial charge in [0.05, 0.1) is 6.54 Å². The number of aromatic nitrogens is 2. The summed E-state index contributed by atoms with van der Waals surface area (Å²) in [5.41, 5.74) is -0.520. The van der Waals surface area contributed by atoms with Crippen molar-refractivity contribution in [2.45, 2.75) is 39.5 Å². The highest BCUT2D eigenvalue weighted by Gasteiger charge is 2.28. The molecule has 1 unspecified atom stereocenters. The van der Waals surface area contributed by atoms with E-state index in [0.29, 0.717) is 19.6 Å². The summed E-state index contributed by atoms with van der Waals surface area (Å²) >= 11 is 0. The lowest BCUT2D eigenvalue weighted by atomic mass is 10.1. The largest absolute Gasteiger partial charge is 0.444 e. The summed E-state index contributed by atoms with van der Waals surface area (Å²) in [6.07, 6.45) is 3.22. The number of hydrogen-bond donors (Lipinski definition) is 1. The van der Waals surface area contributed by atoms with Crippen molar-refractivity contribution in [2.24, 2.45) is 5.92 Å². The van der Waals surface area contributed by atoms with Crippen molar-refractivity contribution in [3.05, 3.63) is 18.2 Å². The Morgan fingerprint density at radius 3 is 2.89 bits per heavy atom. The zero-order valence-corrected chi connectivity index (χ0v) is 11.7. The summed E-state index contributed by atoms with van der Waals surface area (Å²) in [6, 6.07) is 0. The summed E-state index contributed by atoms with van der Waals surface area (Å²) in [5.74, 6) is 0.824. The molecule has 1 N–H and O–H groups in total. The molecule has 0 spiro atoms. The van der Waals surface area contributed by atoms with Crippen molar-refractivity contribution < 1.29 is 14.6 Å². The first-order valence-corrected chi connectivity index (χ1v) is 6.48. The summed E-state index contributed by atoms with van der Waals surface area (Å²) in [4.78, 5) is 18.0. The molecule has 2 heterocycles. The molecule has 0 fully saturated rings. The van der Waals surface area contributed by atoms with Crippen molar-refractivity contribution >= 4 is 6.09 Å². The van der Waals surface area contributed by atoms with Gasteiger partial charge in [-0.3, -0.25) is 0 Å². The number of ether oxygens (including phenoxy) is 1. The molecule has 0 aliphatic carbocycles. The minimum Gasteiger partial charge on any atom is -0.444 e. The van der Waals surface area contributed by atoms with Crippen LogP contribution in [0, 0.1) is 5.92 Å². The molecule has 1 atom stereocenters. The Balaban J connectivity index is 2.15. The number of amides is 1. The first kappa shape index (κ1) is 13.9. The molecule has 1 amide bonds. The van der Waals surface area contributed by atoms with Gasteiger partial charge in [-0.15, -0.1) is 0 Å². The predicted molar refractivity (Wildman–Crippen MR) is 69.4 cm³/mol. The Bertz CT molecular complexity index is 450. The van der Waals surface area contributed by atoms with Crippen LogP contribution in [0.25, 0.3) is 0 Å². The highest BCUT2D eigenvalue weighted by Crippen LogP contribution is 2.18. The molecular weight excluding hydrogens is 246 g/mol. The molecule has 2 rings (SSSR count). The SMILES string of the molecule is CC(C)(C)OC(=O)N1Cc2nccn2CC(CO)C1. The second-order valence-corrected chi connectivity index (χ2v) is 5.91. The van der Waals surface area contributed by atoms with Crippen LogP contribution in [0.2, 0.25) is 0 Å². The van der Waals surface area contributed by atoms with E-state index in [4.69, 9.17) is 4.74 Å². The third-order valence-electron chi connectivity index (χ3n) is 2.98. The van der Waals surface area contributed by atoms with E-state index in [0.717, 1.165) is 5.82 Å². The number of aliphatic hydroxyl groups excluding tert-OH is 1. The topological polar surface area (TPSA) is 67.6 Å². The average Bonchev–Trinajstić information content (AvgIpc) is 2.64. The zero-order valence-electron chi connectivity index (χ0n) is 11.7. The van der Waals surface area contributed by atoms with Gasteiger partial charge in [0.25, 0.3) is 0 Å². The maximum absolute atomic E-state index is 12.1. The Morgan fingerprint density at radius 1 is 1.53 bits per heavy atom. The van der Waals surface area contributed by atoms with Gasteiger partial charge >= 0.3 is 6.09 Å². The van der Waals surface area contributed by atoms with Crippen LogP contribution in [0.15, 0.2) is 12.4 Å². The summed E-state index contributed by atoms with van der Waals surface area (Å²) in [5, 5.41) is 9.40. The molecule has 1 aromatic rings. The fourth-order valence-electron chi connectivity index (χ4n) is 2.12. The van der Waals surface area contributed by atoms with Gasteiger partial charge in [-0.1, -0.05) is 0 Å². The van der Waals surface area contributed by atoms with Crippen LogP contribution in [-0.2, 0) is 17.8 Å². The van der Waals surface area contributed by atoms with Gasteiger partial charge in [-0.2, -0.15) is 0 Å². The highest BCUT2D eigenvalue weighted by atomic mass is 16.6. The van der Waals surface area contributed by atoms with Gasteiger partial charge in [-0.25, -0.2) is 9.78 Å². The van der Waals surface area contributed by atoms with E-state index >= 15 is 0 Å². The number of nitrogens with zero attached hydrogens (tertiary/aromatic N) is 3. The molecule has 0 bridgehead atoms. The third-order valence-corrected chi connectivity index (χ3v) is 2.98. The lowest BCUT2D eigenvalue weighted by Gasteiger charge is -2.27. The van der Waals surface area contributed by atoms with E-state index in [9.17, 15) is 9.90 Å². The van der Waals surface area contributed by atoms with Crippen LogP contribution in [0.4, 0.5) is 4.79 Å². The Kier molecular flexibility index (Phi) is 3.80. The van der Waals surface area contributed by atoms with Crippen molar-refractivity contribution in [3.63, 3.8) is 0 Å². The van der Waals surface area contributed by atoms with Gasteiger partial charge in [0.2, 0.25) is 0 Å². The van der Waals surface area contributed by atoms with Crippen LogP contribution in [0.3, 0.4) is 0 Å². The van der Waals surface area contributed by atoms with Crippen LogP contribution >= 0.6 is 0 Å². The standard InChI is InChI=1S/C13H21N3O3/c1-13(2,3)19-12(18)16-7-10(9-17)6-15-5-4-14-11(15)8-16/h4-5,10,17H,6-9H2,1-3H3. The first-order chi connectivity index (χ1) is 8.89. The van der Waals surface area contributed by atoms with Crippen molar-refractivity contribution in [1.29, 1.82) is 0 Å². The molecular formula is C13H21N3O3. The van der Waals surface area contributed by atoms with Gasteiger partial charge in [-0.05, 0) is 20.8 Å². The second-order valence-electron chi connectivity index (χ2n) is 5.91. The predicted octanol–water partition coefficient (Wildman–Crippen LogP) is 1.24. The van der Waals surface area contributed by atoms with Crippen LogP contribution in [0.5, 0.6) is 0 Å². The molecule has 0 aromatic carbocycles. The summed E-state index contributed by atoms with van der Waals surface area (Å²) in [6.45, 7) is 7.13. The lowest BCUT2D eigenvalue weighted by Crippen LogP contribution is -2.39. The quantitative estimate of drug-likeness (QED) is 0.831. The molecule has 1 aromatic heterocycles. The van der Waals surface area contributed by atoms with Crippen LogP contribution in [-0.4, -0.2) is 44.4 Å². The third kappa shape index (κ3) is 3.47. The summed E-state index contributed by atoms with van der Waals surface area (Å²) < 4.78 is 7.36. The van der Waals surface area contributed by atoms with E-state index in [1.54, 1.807) is 11.1 Å². The number of rotatable bonds is 1. The molecule has 6 heteroatoms. The van der Waals surface area contributed by atoms with E-state index < -0.39 is 5.60 Å². The van der Waals surface area contributed by atoms with Crippen LogP contribution < -0.4 is 0 Å². The number of aliphatic hydroxyl groups is 1. The van der Waals surface area contributed by atoms with Gasteiger partial charge < -0.3 is 19.3 Å². The number of carbonyl (C=O) groups is 1. The Hall–Kier alpha value is -1.56. The monoisotopic (exact) mass is 267 g/mol. The molecule has 0 radical (unpaired) electrons. The number of carbonyl (C=O) groups excluding carboxylic acids is 1.